The minimum Gasteiger partial charge on any atom is -0.496 e. The lowest BCUT2D eigenvalue weighted by Crippen LogP contribution is -2.02. The van der Waals surface area contributed by atoms with Crippen LogP contribution in [0, 0.1) is 0 Å². The molecular weight excluding hydrogens is 212 g/mol. The van der Waals surface area contributed by atoms with E-state index in [0.29, 0.717) is 11.3 Å². The second-order valence-corrected chi connectivity index (χ2v) is 3.87. The number of carbonyl (C=O) groups is 1. The molecule has 1 rings (SSSR count). The number of methoxy groups -OCH3 is 1. The molecule has 0 unspecified atom stereocenters. The summed E-state index contributed by atoms with van der Waals surface area (Å²) in [5, 5.41) is 9.01. The highest BCUT2D eigenvalue weighted by atomic mass is 32.2. The molecule has 4 heteroatoms. The summed E-state index contributed by atoms with van der Waals surface area (Å²) in [6, 6.07) is 3.47. The minimum atomic E-state index is -0.916. The smallest absolute Gasteiger partial charge is 0.336 e. The Bertz CT molecular complexity index is 374. The van der Waals surface area contributed by atoms with Crippen molar-refractivity contribution in [1.82, 2.24) is 0 Å². The first-order valence-electron chi connectivity index (χ1n) is 4.62. The molecule has 1 aromatic rings. The summed E-state index contributed by atoms with van der Waals surface area (Å²) in [5.41, 5.74) is 1.34. The van der Waals surface area contributed by atoms with Crippen LogP contribution in [-0.4, -0.2) is 24.4 Å². The molecule has 0 saturated carbocycles. The van der Waals surface area contributed by atoms with Gasteiger partial charge in [-0.25, -0.2) is 4.79 Å². The largest absolute Gasteiger partial charge is 0.496 e. The van der Waals surface area contributed by atoms with Crippen LogP contribution in [0.25, 0.3) is 0 Å². The Kier molecular flexibility index (Phi) is 4.03. The average Bonchev–Trinajstić information content (AvgIpc) is 2.26. The number of hydrogen-bond donors (Lipinski definition) is 1. The van der Waals surface area contributed by atoms with Crippen LogP contribution >= 0.6 is 11.8 Å². The fourth-order valence-corrected chi connectivity index (χ4v) is 2.03. The molecule has 0 saturated heterocycles. The van der Waals surface area contributed by atoms with Gasteiger partial charge in [-0.2, -0.15) is 0 Å². The fourth-order valence-electron chi connectivity index (χ4n) is 1.40. The predicted octanol–water partition coefficient (Wildman–Crippen LogP) is 2.68. The molecule has 0 aliphatic heterocycles. The van der Waals surface area contributed by atoms with E-state index in [2.05, 4.69) is 0 Å². The van der Waals surface area contributed by atoms with Gasteiger partial charge in [-0.15, -0.1) is 11.8 Å². The molecule has 0 bridgehead atoms. The second-order valence-electron chi connectivity index (χ2n) is 3.02. The Morgan fingerprint density at radius 1 is 1.53 bits per heavy atom. The lowest BCUT2D eigenvalue weighted by molar-refractivity contribution is 0.0692. The monoisotopic (exact) mass is 226 g/mol. The maximum Gasteiger partial charge on any atom is 0.336 e. The van der Waals surface area contributed by atoms with Crippen molar-refractivity contribution < 1.29 is 14.6 Å². The quantitative estimate of drug-likeness (QED) is 0.802. The fraction of sp³-hybridized carbons (Fsp3) is 0.364. The molecule has 1 aromatic carbocycles. The molecule has 3 nitrogen and oxygen atoms in total. The van der Waals surface area contributed by atoms with Crippen LogP contribution in [0.3, 0.4) is 0 Å². The molecule has 0 radical (unpaired) electrons. The Hall–Kier alpha value is -1.16. The summed E-state index contributed by atoms with van der Waals surface area (Å²) in [6.45, 7) is 2.02. The maximum atomic E-state index is 11.0. The van der Waals surface area contributed by atoms with Crippen molar-refractivity contribution in [3.05, 3.63) is 23.3 Å². The van der Waals surface area contributed by atoms with Gasteiger partial charge in [0.25, 0.3) is 0 Å². The Balaban J connectivity index is 3.34. The molecule has 0 amide bonds. The highest BCUT2D eigenvalue weighted by Gasteiger charge is 2.13. The number of rotatable bonds is 4. The van der Waals surface area contributed by atoms with E-state index in [9.17, 15) is 4.79 Å². The number of aryl methyl sites for hydroxylation is 1. The molecule has 0 aliphatic rings. The maximum absolute atomic E-state index is 11.0. The van der Waals surface area contributed by atoms with Crippen LogP contribution in [0.4, 0.5) is 0 Å². The predicted molar refractivity (Wildman–Crippen MR) is 61.1 cm³/mol. The molecule has 82 valence electrons. The Morgan fingerprint density at radius 2 is 2.20 bits per heavy atom. The molecule has 1 N–H and O–H groups in total. The lowest BCUT2D eigenvalue weighted by Gasteiger charge is -2.11. The van der Waals surface area contributed by atoms with E-state index in [0.717, 1.165) is 16.9 Å². The zero-order valence-electron chi connectivity index (χ0n) is 9.03. The van der Waals surface area contributed by atoms with Crippen molar-refractivity contribution in [2.75, 3.05) is 13.4 Å². The van der Waals surface area contributed by atoms with Crippen LogP contribution in [0.2, 0.25) is 0 Å². The van der Waals surface area contributed by atoms with Gasteiger partial charge in [0.2, 0.25) is 0 Å². The van der Waals surface area contributed by atoms with Crippen molar-refractivity contribution in [3.63, 3.8) is 0 Å². The SMILES string of the molecule is CCc1cc(SC)c(C(=O)O)cc1OC. The lowest BCUT2D eigenvalue weighted by atomic mass is 10.1. The normalized spacial score (nSPS) is 10.1. The third-order valence-electron chi connectivity index (χ3n) is 2.21. The number of aromatic carboxylic acids is 1. The standard InChI is InChI=1S/C11H14O3S/c1-4-7-5-10(15-3)8(11(12)13)6-9(7)14-2/h5-6H,4H2,1-3H3,(H,12,13). The van der Waals surface area contributed by atoms with E-state index in [1.54, 1.807) is 13.2 Å². The van der Waals surface area contributed by atoms with E-state index in [4.69, 9.17) is 9.84 Å². The average molecular weight is 226 g/mol. The van der Waals surface area contributed by atoms with E-state index in [1.165, 1.54) is 11.8 Å². The van der Waals surface area contributed by atoms with Crippen molar-refractivity contribution in [1.29, 1.82) is 0 Å². The summed E-state index contributed by atoms with van der Waals surface area (Å²) < 4.78 is 5.15. The first-order valence-corrected chi connectivity index (χ1v) is 5.84. The van der Waals surface area contributed by atoms with Gasteiger partial charge < -0.3 is 9.84 Å². The van der Waals surface area contributed by atoms with Gasteiger partial charge in [0.1, 0.15) is 5.75 Å². The summed E-state index contributed by atoms with van der Waals surface area (Å²) in [5.74, 6) is -0.270. The highest BCUT2D eigenvalue weighted by molar-refractivity contribution is 7.98. The van der Waals surface area contributed by atoms with Gasteiger partial charge in [0, 0.05) is 4.90 Å². The van der Waals surface area contributed by atoms with E-state index in [1.807, 2.05) is 19.2 Å². The number of benzene rings is 1. The summed E-state index contributed by atoms with van der Waals surface area (Å²) in [6.07, 6.45) is 2.70. The van der Waals surface area contributed by atoms with Crippen LogP contribution in [-0.2, 0) is 6.42 Å². The number of hydrogen-bond acceptors (Lipinski definition) is 3. The Labute approximate surface area is 93.4 Å². The van der Waals surface area contributed by atoms with Gasteiger partial charge in [-0.1, -0.05) is 6.92 Å². The van der Waals surface area contributed by atoms with Gasteiger partial charge in [-0.05, 0) is 30.4 Å². The van der Waals surface area contributed by atoms with E-state index >= 15 is 0 Å². The van der Waals surface area contributed by atoms with Crippen LogP contribution < -0.4 is 4.74 Å². The summed E-state index contributed by atoms with van der Waals surface area (Å²) >= 11 is 1.44. The number of ether oxygens (including phenoxy) is 1. The topological polar surface area (TPSA) is 46.5 Å². The number of thioether (sulfide) groups is 1. The number of carboxylic acid groups (broad SMARTS) is 1. The van der Waals surface area contributed by atoms with Crippen LogP contribution in [0.15, 0.2) is 17.0 Å². The van der Waals surface area contributed by atoms with E-state index in [-0.39, 0.29) is 0 Å². The first-order chi connectivity index (χ1) is 7.13. The zero-order chi connectivity index (χ0) is 11.4. The third kappa shape index (κ3) is 2.45. The molecule has 0 aliphatic carbocycles. The zero-order valence-corrected chi connectivity index (χ0v) is 9.85. The Morgan fingerprint density at radius 3 is 2.60 bits per heavy atom. The summed E-state index contributed by atoms with van der Waals surface area (Å²) in [7, 11) is 1.55. The van der Waals surface area contributed by atoms with Gasteiger partial charge in [0.15, 0.2) is 0 Å². The molecule has 0 fully saturated rings. The minimum absolute atomic E-state index is 0.302. The van der Waals surface area contributed by atoms with E-state index < -0.39 is 5.97 Å². The number of carboxylic acids is 1. The third-order valence-corrected chi connectivity index (χ3v) is 2.99. The van der Waals surface area contributed by atoms with Crippen LogP contribution in [0.5, 0.6) is 5.75 Å². The second kappa shape index (κ2) is 5.07. The first kappa shape index (κ1) is 11.9. The van der Waals surface area contributed by atoms with Crippen molar-refractivity contribution in [2.24, 2.45) is 0 Å². The van der Waals surface area contributed by atoms with Gasteiger partial charge in [0.05, 0.1) is 12.7 Å². The molecule has 15 heavy (non-hydrogen) atoms. The molecule has 0 aromatic heterocycles. The van der Waals surface area contributed by atoms with Crippen LogP contribution in [0.1, 0.15) is 22.8 Å². The van der Waals surface area contributed by atoms with Gasteiger partial charge in [-0.3, -0.25) is 0 Å². The van der Waals surface area contributed by atoms with Gasteiger partial charge >= 0.3 is 5.97 Å². The van der Waals surface area contributed by atoms with Crippen molar-refractivity contribution >= 4 is 17.7 Å². The molecule has 0 heterocycles. The molecular formula is C11H14O3S. The molecule has 0 atom stereocenters. The highest BCUT2D eigenvalue weighted by Crippen LogP contribution is 2.29. The molecule has 0 spiro atoms. The summed E-state index contributed by atoms with van der Waals surface area (Å²) in [4.78, 5) is 11.8. The van der Waals surface area contributed by atoms with Crippen molar-refractivity contribution in [2.45, 2.75) is 18.2 Å². The van der Waals surface area contributed by atoms with Crippen molar-refractivity contribution in [3.8, 4) is 5.75 Å².